The van der Waals surface area contributed by atoms with E-state index >= 15 is 0 Å². The van der Waals surface area contributed by atoms with E-state index in [0.29, 0.717) is 6.04 Å². The molecule has 15 heavy (non-hydrogen) atoms. The second-order valence-corrected chi connectivity index (χ2v) is 4.31. The van der Waals surface area contributed by atoms with Crippen molar-refractivity contribution in [3.8, 4) is 0 Å². The number of nitrogens with zero attached hydrogens (tertiary/aromatic N) is 1. The molecule has 2 aliphatic rings. The van der Waals surface area contributed by atoms with Crippen molar-refractivity contribution in [2.24, 2.45) is 0 Å². The summed E-state index contributed by atoms with van der Waals surface area (Å²) in [7, 11) is 0. The molecule has 1 atom stereocenters. The van der Waals surface area contributed by atoms with Gasteiger partial charge < -0.3 is 15.4 Å². The Hall–Kier alpha value is -1.22. The van der Waals surface area contributed by atoms with Crippen LogP contribution in [0.25, 0.3) is 0 Å². The lowest BCUT2D eigenvalue weighted by Crippen LogP contribution is -2.33. The molecule has 1 saturated heterocycles. The molecule has 2 heterocycles. The Kier molecular flexibility index (Phi) is 2.06. The van der Waals surface area contributed by atoms with Gasteiger partial charge in [-0.05, 0) is 25.0 Å². The molecule has 3 nitrogen and oxygen atoms in total. The molecule has 0 aliphatic carbocycles. The first-order valence-corrected chi connectivity index (χ1v) is 5.58. The number of nitrogen functional groups attached to an aromatic ring is 1. The molecule has 2 aliphatic heterocycles. The Labute approximate surface area is 89.8 Å². The van der Waals surface area contributed by atoms with Crippen molar-refractivity contribution in [3.63, 3.8) is 0 Å². The summed E-state index contributed by atoms with van der Waals surface area (Å²) in [6.07, 6.45) is 2.23. The van der Waals surface area contributed by atoms with Crippen molar-refractivity contribution in [1.82, 2.24) is 0 Å². The van der Waals surface area contributed by atoms with Gasteiger partial charge >= 0.3 is 0 Å². The molecule has 1 aromatic rings. The Balaban J connectivity index is 1.94. The highest BCUT2D eigenvalue weighted by molar-refractivity contribution is 5.68. The molecule has 1 fully saturated rings. The second kappa shape index (κ2) is 3.42. The monoisotopic (exact) mass is 204 g/mol. The molecule has 1 aromatic carbocycles. The highest BCUT2D eigenvalue weighted by Crippen LogP contribution is 2.34. The van der Waals surface area contributed by atoms with Crippen LogP contribution in [0.5, 0.6) is 0 Å². The number of fused-ring (bicyclic) bond motifs is 1. The van der Waals surface area contributed by atoms with E-state index in [9.17, 15) is 0 Å². The van der Waals surface area contributed by atoms with Gasteiger partial charge in [0.25, 0.3) is 0 Å². The molecule has 80 valence electrons. The summed E-state index contributed by atoms with van der Waals surface area (Å²) in [5.74, 6) is 0. The summed E-state index contributed by atoms with van der Waals surface area (Å²) in [6.45, 7) is 2.87. The zero-order chi connectivity index (χ0) is 10.3. The summed E-state index contributed by atoms with van der Waals surface area (Å²) in [4.78, 5) is 2.46. The van der Waals surface area contributed by atoms with Crippen LogP contribution < -0.4 is 10.6 Å². The SMILES string of the molecule is Nc1cccc2c1CCN2C1CCOC1. The van der Waals surface area contributed by atoms with Gasteiger partial charge in [-0.3, -0.25) is 0 Å². The standard InChI is InChI=1S/C12H16N2O/c13-11-2-1-3-12-10(11)4-6-14(12)9-5-7-15-8-9/h1-3,9H,4-8,13H2. The van der Waals surface area contributed by atoms with Crippen molar-refractivity contribution < 1.29 is 4.74 Å². The van der Waals surface area contributed by atoms with E-state index in [1.54, 1.807) is 0 Å². The molecule has 3 heteroatoms. The molecule has 1 unspecified atom stereocenters. The first-order chi connectivity index (χ1) is 7.36. The highest BCUT2D eigenvalue weighted by atomic mass is 16.5. The van der Waals surface area contributed by atoms with Crippen molar-refractivity contribution in [2.45, 2.75) is 18.9 Å². The number of nitrogens with two attached hydrogens (primary N) is 1. The predicted octanol–water partition coefficient (Wildman–Crippen LogP) is 1.42. The van der Waals surface area contributed by atoms with Gasteiger partial charge in [0.15, 0.2) is 0 Å². The van der Waals surface area contributed by atoms with Gasteiger partial charge in [0, 0.05) is 30.1 Å². The topological polar surface area (TPSA) is 38.5 Å². The minimum Gasteiger partial charge on any atom is -0.398 e. The third-order valence-corrected chi connectivity index (χ3v) is 3.45. The Morgan fingerprint density at radius 1 is 1.40 bits per heavy atom. The fourth-order valence-corrected chi connectivity index (χ4v) is 2.63. The Bertz CT molecular complexity index is 372. The molecule has 0 radical (unpaired) electrons. The Morgan fingerprint density at radius 2 is 2.33 bits per heavy atom. The highest BCUT2D eigenvalue weighted by Gasteiger charge is 2.29. The smallest absolute Gasteiger partial charge is 0.0670 e. The van der Waals surface area contributed by atoms with E-state index in [2.05, 4.69) is 11.0 Å². The normalized spacial score (nSPS) is 24.5. The largest absolute Gasteiger partial charge is 0.398 e. The molecule has 2 N–H and O–H groups in total. The van der Waals surface area contributed by atoms with Gasteiger partial charge in [-0.1, -0.05) is 6.07 Å². The maximum atomic E-state index is 5.97. The van der Waals surface area contributed by atoms with Crippen LogP contribution in [0.15, 0.2) is 18.2 Å². The molecule has 0 bridgehead atoms. The summed E-state index contributed by atoms with van der Waals surface area (Å²) in [5, 5.41) is 0. The lowest BCUT2D eigenvalue weighted by molar-refractivity contribution is 0.193. The van der Waals surface area contributed by atoms with Crippen molar-refractivity contribution in [2.75, 3.05) is 30.4 Å². The molecule has 0 amide bonds. The summed E-state index contributed by atoms with van der Waals surface area (Å²) < 4.78 is 5.44. The van der Waals surface area contributed by atoms with Crippen molar-refractivity contribution >= 4 is 11.4 Å². The fraction of sp³-hybridized carbons (Fsp3) is 0.500. The van der Waals surface area contributed by atoms with Crippen LogP contribution in [0.3, 0.4) is 0 Å². The number of ether oxygens (including phenoxy) is 1. The Morgan fingerprint density at radius 3 is 3.13 bits per heavy atom. The van der Waals surface area contributed by atoms with Crippen LogP contribution in [0.4, 0.5) is 11.4 Å². The van der Waals surface area contributed by atoms with Gasteiger partial charge in [-0.15, -0.1) is 0 Å². The minimum atomic E-state index is 0.563. The van der Waals surface area contributed by atoms with Crippen LogP contribution in [0, 0.1) is 0 Å². The quantitative estimate of drug-likeness (QED) is 0.703. The average Bonchev–Trinajstić information content (AvgIpc) is 2.85. The minimum absolute atomic E-state index is 0.563. The second-order valence-electron chi connectivity index (χ2n) is 4.31. The third-order valence-electron chi connectivity index (χ3n) is 3.45. The van der Waals surface area contributed by atoms with E-state index in [1.807, 2.05) is 12.1 Å². The zero-order valence-electron chi connectivity index (χ0n) is 8.78. The summed E-state index contributed by atoms with van der Waals surface area (Å²) in [6, 6.07) is 6.78. The van der Waals surface area contributed by atoms with Gasteiger partial charge in [-0.25, -0.2) is 0 Å². The van der Waals surface area contributed by atoms with Crippen molar-refractivity contribution in [3.05, 3.63) is 23.8 Å². The van der Waals surface area contributed by atoms with Crippen LogP contribution in [-0.2, 0) is 11.2 Å². The van der Waals surface area contributed by atoms with E-state index < -0.39 is 0 Å². The average molecular weight is 204 g/mol. The van der Waals surface area contributed by atoms with E-state index in [1.165, 1.54) is 11.3 Å². The van der Waals surface area contributed by atoms with Crippen LogP contribution in [0.1, 0.15) is 12.0 Å². The first kappa shape index (κ1) is 9.04. The van der Waals surface area contributed by atoms with E-state index in [0.717, 1.165) is 38.3 Å². The van der Waals surface area contributed by atoms with Crippen LogP contribution in [-0.4, -0.2) is 25.8 Å². The van der Waals surface area contributed by atoms with Gasteiger partial charge in [-0.2, -0.15) is 0 Å². The molecule has 3 rings (SSSR count). The summed E-state index contributed by atoms with van der Waals surface area (Å²) >= 11 is 0. The molecular formula is C12H16N2O. The van der Waals surface area contributed by atoms with E-state index in [4.69, 9.17) is 10.5 Å². The lowest BCUT2D eigenvalue weighted by atomic mass is 10.1. The molecule has 0 spiro atoms. The van der Waals surface area contributed by atoms with Gasteiger partial charge in [0.1, 0.15) is 0 Å². The fourth-order valence-electron chi connectivity index (χ4n) is 2.63. The maximum Gasteiger partial charge on any atom is 0.0670 e. The van der Waals surface area contributed by atoms with E-state index in [-0.39, 0.29) is 0 Å². The lowest BCUT2D eigenvalue weighted by Gasteiger charge is -2.25. The number of hydrogen-bond donors (Lipinski definition) is 1. The van der Waals surface area contributed by atoms with Gasteiger partial charge in [0.05, 0.1) is 12.6 Å². The number of benzene rings is 1. The molecular weight excluding hydrogens is 188 g/mol. The maximum absolute atomic E-state index is 5.97. The van der Waals surface area contributed by atoms with Crippen LogP contribution >= 0.6 is 0 Å². The molecule has 0 aromatic heterocycles. The zero-order valence-corrected chi connectivity index (χ0v) is 8.78. The van der Waals surface area contributed by atoms with Crippen molar-refractivity contribution in [1.29, 1.82) is 0 Å². The first-order valence-electron chi connectivity index (χ1n) is 5.58. The van der Waals surface area contributed by atoms with Crippen LogP contribution in [0.2, 0.25) is 0 Å². The summed E-state index contributed by atoms with van der Waals surface area (Å²) in [5.41, 5.74) is 9.56. The number of rotatable bonds is 1. The number of hydrogen-bond acceptors (Lipinski definition) is 3. The van der Waals surface area contributed by atoms with Gasteiger partial charge in [0.2, 0.25) is 0 Å². The molecule has 0 saturated carbocycles. The predicted molar refractivity (Wildman–Crippen MR) is 61.1 cm³/mol. The number of anilines is 2. The third kappa shape index (κ3) is 1.38.